The molecule has 2 amide bonds. The van der Waals surface area contributed by atoms with Crippen LogP contribution in [-0.2, 0) is 9.59 Å². The summed E-state index contributed by atoms with van der Waals surface area (Å²) in [6.07, 6.45) is 0.816. The number of halogens is 1. The van der Waals surface area contributed by atoms with Gasteiger partial charge in [0.1, 0.15) is 6.54 Å². The molecule has 0 spiro atoms. The van der Waals surface area contributed by atoms with E-state index in [2.05, 4.69) is 20.9 Å². The summed E-state index contributed by atoms with van der Waals surface area (Å²) in [5.74, 6) is 1.03. The van der Waals surface area contributed by atoms with Crippen molar-refractivity contribution in [3.05, 3.63) is 18.2 Å². The second-order valence-corrected chi connectivity index (χ2v) is 8.90. The van der Waals surface area contributed by atoms with Gasteiger partial charge in [-0.2, -0.15) is 0 Å². The minimum atomic E-state index is -0.791. The summed E-state index contributed by atoms with van der Waals surface area (Å²) in [6, 6.07) is 5.46. The number of guanidine groups is 1. The molecule has 0 atom stereocenters. The van der Waals surface area contributed by atoms with Gasteiger partial charge in [0.25, 0.3) is 0 Å². The minimum Gasteiger partial charge on any atom is -0.490 e. The first-order valence-electron chi connectivity index (χ1n) is 10.0. The van der Waals surface area contributed by atoms with Crippen molar-refractivity contribution >= 4 is 47.4 Å². The Morgan fingerprint density at radius 3 is 2.35 bits per heavy atom. The molecule has 0 radical (unpaired) electrons. The lowest BCUT2D eigenvalue weighted by Crippen LogP contribution is -2.45. The maximum atomic E-state index is 12.2. The number of amides is 2. The lowest BCUT2D eigenvalue weighted by Gasteiger charge is -2.23. The Morgan fingerprint density at radius 2 is 1.74 bits per heavy atom. The van der Waals surface area contributed by atoms with Crippen LogP contribution in [0.4, 0.5) is 5.69 Å². The van der Waals surface area contributed by atoms with Crippen molar-refractivity contribution in [3.63, 3.8) is 0 Å². The van der Waals surface area contributed by atoms with Gasteiger partial charge in [0, 0.05) is 30.3 Å². The largest absolute Gasteiger partial charge is 0.490 e. The van der Waals surface area contributed by atoms with Crippen LogP contribution in [0.25, 0.3) is 0 Å². The van der Waals surface area contributed by atoms with Crippen LogP contribution in [0.15, 0.2) is 23.2 Å². The number of benzene rings is 1. The lowest BCUT2D eigenvalue weighted by molar-refractivity contribution is -0.125. The van der Waals surface area contributed by atoms with E-state index in [0.717, 1.165) is 6.42 Å². The van der Waals surface area contributed by atoms with Gasteiger partial charge in [-0.3, -0.25) is 9.59 Å². The van der Waals surface area contributed by atoms with Crippen molar-refractivity contribution in [3.8, 4) is 11.5 Å². The van der Waals surface area contributed by atoms with Crippen LogP contribution in [0.5, 0.6) is 11.5 Å². The standard InChI is InChI=1S/C21H33N5O4.HI/c1-20(2,3)26-17(27)12-23-19(24-13-21(4,5)18(22)28)25-14-7-8-15-16(11-14)30-10-6-9-29-15;/h7-8,11H,6,9-10,12-13H2,1-5H3,(H2,22,28)(H,26,27)(H2,23,24,25);1H. The summed E-state index contributed by atoms with van der Waals surface area (Å²) in [4.78, 5) is 28.2. The summed E-state index contributed by atoms with van der Waals surface area (Å²) in [7, 11) is 0. The van der Waals surface area contributed by atoms with Crippen molar-refractivity contribution in [2.24, 2.45) is 16.1 Å². The molecule has 0 unspecified atom stereocenters. The minimum absolute atomic E-state index is 0. The molecule has 0 fully saturated rings. The van der Waals surface area contributed by atoms with E-state index in [-0.39, 0.29) is 48.5 Å². The lowest BCUT2D eigenvalue weighted by atomic mass is 9.93. The SMILES string of the molecule is CC(C)(C)NC(=O)CN=C(NCC(C)(C)C(N)=O)Nc1ccc2c(c1)OCCCO2.I. The number of ether oxygens (including phenoxy) is 2. The summed E-state index contributed by atoms with van der Waals surface area (Å²) in [5.41, 5.74) is 5.02. The number of carbonyl (C=O) groups excluding carboxylic acids is 2. The molecule has 5 N–H and O–H groups in total. The number of hydrogen-bond donors (Lipinski definition) is 4. The van der Waals surface area contributed by atoms with Gasteiger partial charge in [-0.1, -0.05) is 0 Å². The molecule has 174 valence electrons. The van der Waals surface area contributed by atoms with E-state index in [1.54, 1.807) is 13.8 Å². The number of fused-ring (bicyclic) bond motifs is 1. The zero-order chi connectivity index (χ0) is 22.4. The summed E-state index contributed by atoms with van der Waals surface area (Å²) in [5, 5.41) is 9.10. The third-order valence-electron chi connectivity index (χ3n) is 4.27. The van der Waals surface area contributed by atoms with E-state index in [0.29, 0.717) is 36.4 Å². The van der Waals surface area contributed by atoms with Crippen molar-refractivity contribution in [1.29, 1.82) is 0 Å². The van der Waals surface area contributed by atoms with Crippen LogP contribution < -0.4 is 31.2 Å². The third kappa shape index (κ3) is 9.19. The molecule has 0 aliphatic carbocycles. The normalized spacial score (nSPS) is 14.0. The average Bonchev–Trinajstić information content (AvgIpc) is 2.87. The van der Waals surface area contributed by atoms with Gasteiger partial charge in [-0.15, -0.1) is 24.0 Å². The maximum absolute atomic E-state index is 12.2. The zero-order valence-corrected chi connectivity index (χ0v) is 21.2. The van der Waals surface area contributed by atoms with Crippen molar-refractivity contribution < 1.29 is 19.1 Å². The van der Waals surface area contributed by atoms with E-state index in [4.69, 9.17) is 15.2 Å². The smallest absolute Gasteiger partial charge is 0.242 e. The van der Waals surface area contributed by atoms with Gasteiger partial charge >= 0.3 is 0 Å². The average molecular weight is 547 g/mol. The van der Waals surface area contributed by atoms with Crippen molar-refractivity contribution in [1.82, 2.24) is 10.6 Å². The highest BCUT2D eigenvalue weighted by Gasteiger charge is 2.25. The Hall–Kier alpha value is -2.24. The molecule has 31 heavy (non-hydrogen) atoms. The molecular weight excluding hydrogens is 513 g/mol. The molecule has 1 aliphatic heterocycles. The number of primary amides is 1. The second-order valence-electron chi connectivity index (χ2n) is 8.90. The molecule has 9 nitrogen and oxygen atoms in total. The first-order chi connectivity index (χ1) is 14.0. The highest BCUT2D eigenvalue weighted by atomic mass is 127. The van der Waals surface area contributed by atoms with Crippen molar-refractivity contribution in [2.45, 2.75) is 46.6 Å². The fraction of sp³-hybridized carbons (Fsp3) is 0.571. The second kappa shape index (κ2) is 11.4. The van der Waals surface area contributed by atoms with Crippen molar-refractivity contribution in [2.75, 3.05) is 31.6 Å². The monoisotopic (exact) mass is 547 g/mol. The first-order valence-corrected chi connectivity index (χ1v) is 10.0. The molecule has 0 saturated heterocycles. The number of anilines is 1. The Bertz CT molecular complexity index is 805. The van der Waals surface area contributed by atoms with Crippen LogP contribution in [0, 0.1) is 5.41 Å². The molecule has 2 rings (SSSR count). The molecule has 1 aliphatic rings. The van der Waals surface area contributed by atoms with E-state index in [1.807, 2.05) is 39.0 Å². The van der Waals surface area contributed by atoms with E-state index in [9.17, 15) is 9.59 Å². The highest BCUT2D eigenvalue weighted by Crippen LogP contribution is 2.32. The molecular formula is C21H34IN5O4. The Balaban J connectivity index is 0.00000480. The van der Waals surface area contributed by atoms with Gasteiger partial charge in [-0.05, 0) is 46.8 Å². The number of nitrogens with zero attached hydrogens (tertiary/aromatic N) is 1. The van der Waals surface area contributed by atoms with E-state index in [1.165, 1.54) is 0 Å². The predicted octanol–water partition coefficient (Wildman–Crippen LogP) is 2.25. The fourth-order valence-electron chi connectivity index (χ4n) is 2.52. The molecule has 0 saturated carbocycles. The molecule has 1 aromatic carbocycles. The molecule has 0 aromatic heterocycles. The number of aliphatic imine (C=N–C) groups is 1. The number of nitrogens with one attached hydrogen (secondary N) is 3. The number of carbonyl (C=O) groups is 2. The van der Waals surface area contributed by atoms with Crippen LogP contribution >= 0.6 is 24.0 Å². The summed E-state index contributed by atoms with van der Waals surface area (Å²) < 4.78 is 11.4. The van der Waals surface area contributed by atoms with E-state index < -0.39 is 11.3 Å². The molecule has 10 heteroatoms. The van der Waals surface area contributed by atoms with Gasteiger partial charge in [-0.25, -0.2) is 4.99 Å². The first kappa shape index (κ1) is 26.8. The van der Waals surface area contributed by atoms with Crippen LogP contribution in [0.3, 0.4) is 0 Å². The topological polar surface area (TPSA) is 127 Å². The molecule has 1 aromatic rings. The summed E-state index contributed by atoms with van der Waals surface area (Å²) in [6.45, 7) is 10.5. The fourth-order valence-corrected chi connectivity index (χ4v) is 2.52. The Kier molecular flexibility index (Phi) is 9.85. The highest BCUT2D eigenvalue weighted by molar-refractivity contribution is 14.0. The number of hydrogen-bond acceptors (Lipinski definition) is 5. The van der Waals surface area contributed by atoms with Crippen LogP contribution in [0.1, 0.15) is 41.0 Å². The number of nitrogens with two attached hydrogens (primary N) is 1. The Morgan fingerprint density at radius 1 is 1.10 bits per heavy atom. The van der Waals surface area contributed by atoms with Gasteiger partial charge in [0.05, 0.1) is 18.6 Å². The zero-order valence-electron chi connectivity index (χ0n) is 18.8. The van der Waals surface area contributed by atoms with Gasteiger partial charge < -0.3 is 31.2 Å². The van der Waals surface area contributed by atoms with Gasteiger partial charge in [0.15, 0.2) is 17.5 Å². The van der Waals surface area contributed by atoms with E-state index >= 15 is 0 Å². The molecule has 0 bridgehead atoms. The molecule has 1 heterocycles. The van der Waals surface area contributed by atoms with Crippen LogP contribution in [-0.4, -0.2) is 49.6 Å². The Labute approximate surface area is 200 Å². The maximum Gasteiger partial charge on any atom is 0.242 e. The quantitative estimate of drug-likeness (QED) is 0.246. The number of rotatable bonds is 6. The van der Waals surface area contributed by atoms with Crippen LogP contribution in [0.2, 0.25) is 0 Å². The predicted molar refractivity (Wildman–Crippen MR) is 132 cm³/mol. The summed E-state index contributed by atoms with van der Waals surface area (Å²) >= 11 is 0. The third-order valence-corrected chi connectivity index (χ3v) is 4.27. The van der Waals surface area contributed by atoms with Gasteiger partial charge in [0.2, 0.25) is 11.8 Å².